The van der Waals surface area contributed by atoms with E-state index in [1.807, 2.05) is 0 Å². The SMILES string of the molecule is C=C1CCC2[C@]3(C)CO[C@@H](C4CCCC4)O[C@@H]3CC[C@@]2(C)[C@@H]1CCBr.C=C1CCC2[C@]3(C)CO[C@@H](C4CCCC4)O[C@@H]3CC[C@@]2(C)[C@@H]1CCOc1ccncc1C(=O)O.C=C1CCC2[C@]3(C)CO[C@@H](C4CCCC4)O[C@@H]3CC[C@@]2(C)[C@@H]1CCOc1ccncc1C(=O)O.C=C1CCC2[C@]3(C)CO[C@@H](C4CCCC4)O[C@@H]3CC[C@@]2(C)[C@@H]1CCOc1ccncc1C(=O)OC.COC(=O)c1c[nH]ccc1=O.O=C(O)c1c[nH]ccc1=O. The summed E-state index contributed by atoms with van der Waals surface area (Å²) < 4.78 is 79.7. The smallest absolute Gasteiger partial charge is 0.343 e. The van der Waals surface area contributed by atoms with Crippen LogP contribution < -0.4 is 25.1 Å². The third-order valence-electron chi connectivity index (χ3n) is 39.7. The number of nitrogens with zero attached hydrogens (tertiary/aromatic N) is 3. The van der Waals surface area contributed by atoms with Gasteiger partial charge in [0.05, 0.1) is 84.9 Å². The van der Waals surface area contributed by atoms with Crippen molar-refractivity contribution in [1.82, 2.24) is 24.9 Å². The van der Waals surface area contributed by atoms with E-state index in [-0.39, 0.29) is 109 Å². The molecular formula is C120H166BrN5O23. The number of fused-ring (bicyclic) bond motifs is 12. The van der Waals surface area contributed by atoms with Crippen LogP contribution in [0.5, 0.6) is 17.2 Å². The lowest BCUT2D eigenvalue weighted by Crippen LogP contribution is -2.62. The maximum absolute atomic E-state index is 12.1. The van der Waals surface area contributed by atoms with Crippen LogP contribution in [-0.2, 0) is 47.4 Å². The van der Waals surface area contributed by atoms with Crippen LogP contribution in [-0.4, -0.2) is 185 Å². The summed E-state index contributed by atoms with van der Waals surface area (Å²) in [7, 11) is 2.60. The zero-order valence-electron chi connectivity index (χ0n) is 89.9. The minimum absolute atomic E-state index is 0.00736. The average Bonchev–Trinajstić information content (AvgIpc) is 1.72. The topological polar surface area (TPSA) is 370 Å². The quantitative estimate of drug-likeness (QED) is 0.0230. The number of carbonyl (C=O) groups is 5. The van der Waals surface area contributed by atoms with E-state index in [1.165, 1.54) is 221 Å². The Morgan fingerprint density at radius 2 is 0.624 bits per heavy atom. The van der Waals surface area contributed by atoms with Gasteiger partial charge in [0.25, 0.3) is 0 Å². The molecule has 5 aromatic heterocycles. The molecule has 0 radical (unpaired) electrons. The minimum Gasteiger partial charge on any atom is -0.493 e. The van der Waals surface area contributed by atoms with Crippen molar-refractivity contribution in [2.45, 2.75) is 336 Å². The van der Waals surface area contributed by atoms with Crippen molar-refractivity contribution < 1.29 is 101 Å². The molecule has 9 heterocycles. The van der Waals surface area contributed by atoms with Crippen LogP contribution in [0, 0.1) is 114 Å². The molecule has 4 unspecified atom stereocenters. The number of aromatic carboxylic acids is 3. The lowest BCUT2D eigenvalue weighted by atomic mass is 9.46. The van der Waals surface area contributed by atoms with Gasteiger partial charge < -0.3 is 86.9 Å². The molecule has 28 nitrogen and oxygen atoms in total. The molecule has 4 aliphatic heterocycles. The van der Waals surface area contributed by atoms with Gasteiger partial charge in [-0.1, -0.05) is 171 Å². The molecule has 12 aliphatic carbocycles. The Labute approximate surface area is 888 Å². The number of ether oxygens (including phenoxy) is 13. The number of rotatable bonds is 23. The third-order valence-corrected chi connectivity index (χ3v) is 40.2. The number of carboxylic acid groups (broad SMARTS) is 3. The van der Waals surface area contributed by atoms with Crippen LogP contribution in [0.3, 0.4) is 0 Å². The van der Waals surface area contributed by atoms with E-state index in [2.05, 4.69) is 127 Å². The molecule has 29 heteroatoms. The molecule has 12 saturated carbocycles. The molecule has 5 N–H and O–H groups in total. The highest BCUT2D eigenvalue weighted by atomic mass is 79.9. The number of hydrogen-bond acceptors (Lipinski definition) is 23. The standard InChI is InChI=1S/C29H41NO5.2C28H39NO5.C22H35BrO2.C7H7NO3.C6H5NO3/c1-19-9-10-24-28(2,22(19)13-16-33-23-12-15-30-17-21(23)26(31)32-4)14-11-25-29(24,3)18-34-27(35-25)20-7-5-6-8-20;2*1-18-8-9-23-27(2,21(18)12-15-32-22-11-14-29-16-20(22)25(30)31)13-10-24-28(23,3)17-33-26(34-24)19-6-4-5-7-19;1-15-8-9-18-21(2,17(15)11-13-23)12-10-19-22(18,3)14-24-20(25-19)16-6-4-5-7-16;1-11-7(10)5-4-8-3-2-6(5)9;8-5-1-2-7-3-4(5)6(9)10/h12,15,17,20,22,24-25,27H,1,5-11,13-14,16,18H2,2-4H3;2*11,14,16,19,21,23-24,26H,1,4-10,12-13,15,17H2,2-3H3,(H,30,31);16-20H,1,4-14H2,2-3H3;2-4H,1H3,(H,8,9);1-3H,(H,7,8)(H,9,10)/t22-,24?,25-,27-,28+,29+;2*21-,23?,24-,26-,27+,28+;17-,18?,19-,20-,21+,22+;;/m1111../s1. The van der Waals surface area contributed by atoms with Gasteiger partial charge in [-0.3, -0.25) is 24.5 Å². The predicted octanol–water partition coefficient (Wildman–Crippen LogP) is 24.0. The number of esters is 2. The maximum atomic E-state index is 12.1. The Kier molecular flexibility index (Phi) is 37.0. The first-order valence-electron chi connectivity index (χ1n) is 55.7. The van der Waals surface area contributed by atoms with Gasteiger partial charge >= 0.3 is 29.8 Å². The largest absolute Gasteiger partial charge is 0.493 e. The third kappa shape index (κ3) is 23.9. The Hall–Kier alpha value is -8.78. The second-order valence-corrected chi connectivity index (χ2v) is 48.8. The van der Waals surface area contributed by atoms with Crippen molar-refractivity contribution in [1.29, 1.82) is 0 Å². The normalized spacial score (nSPS) is 35.6. The number of allylic oxidation sites excluding steroid dienone is 4. The molecule has 24 atom stereocenters. The van der Waals surface area contributed by atoms with Crippen LogP contribution >= 0.6 is 15.9 Å². The molecule has 16 aliphatic rings. The van der Waals surface area contributed by atoms with E-state index in [0.29, 0.717) is 125 Å². The van der Waals surface area contributed by atoms with Crippen LogP contribution in [0.4, 0.5) is 0 Å². The van der Waals surface area contributed by atoms with Crippen LogP contribution in [0.2, 0.25) is 0 Å². The Balaban J connectivity index is 0.000000133. The predicted molar refractivity (Wildman–Crippen MR) is 569 cm³/mol. The lowest BCUT2D eigenvalue weighted by Gasteiger charge is -2.63. The number of aromatic amines is 2. The first-order chi connectivity index (χ1) is 71.5. The van der Waals surface area contributed by atoms with Crippen molar-refractivity contribution in [3.05, 3.63) is 189 Å². The number of halogens is 1. The first-order valence-corrected chi connectivity index (χ1v) is 56.9. The highest BCUT2D eigenvalue weighted by molar-refractivity contribution is 9.09. The Bertz CT molecular complexity index is 5460. The summed E-state index contributed by atoms with van der Waals surface area (Å²) >= 11 is 3.69. The number of H-pyrrole nitrogens is 2. The van der Waals surface area contributed by atoms with E-state index in [4.69, 9.17) is 61.9 Å². The summed E-state index contributed by atoms with van der Waals surface area (Å²) in [6.07, 6.45) is 57.9. The fourth-order valence-corrected chi connectivity index (χ4v) is 32.2. The number of carboxylic acids is 3. The fourth-order valence-electron chi connectivity index (χ4n) is 31.8. The van der Waals surface area contributed by atoms with E-state index < -0.39 is 35.3 Å². The molecule has 21 rings (SSSR count). The molecule has 816 valence electrons. The van der Waals surface area contributed by atoms with E-state index in [9.17, 15) is 43.8 Å². The van der Waals surface area contributed by atoms with E-state index >= 15 is 0 Å². The van der Waals surface area contributed by atoms with Gasteiger partial charge in [-0.15, -0.1) is 0 Å². The van der Waals surface area contributed by atoms with Crippen molar-refractivity contribution in [3.63, 3.8) is 0 Å². The second kappa shape index (κ2) is 48.9. The van der Waals surface area contributed by atoms with Gasteiger partial charge in [0.2, 0.25) is 0 Å². The summed E-state index contributed by atoms with van der Waals surface area (Å²) in [4.78, 5) is 94.6. The monoisotopic (exact) mass is 2120 g/mol. The summed E-state index contributed by atoms with van der Waals surface area (Å²) in [6.45, 7) is 42.2. The van der Waals surface area contributed by atoms with Crippen LogP contribution in [0.15, 0.2) is 150 Å². The van der Waals surface area contributed by atoms with Crippen molar-refractivity contribution >= 4 is 45.8 Å². The molecule has 149 heavy (non-hydrogen) atoms. The lowest BCUT2D eigenvalue weighted by molar-refractivity contribution is -0.316. The average molecular weight is 2130 g/mol. The van der Waals surface area contributed by atoms with Gasteiger partial charge in [0, 0.05) is 125 Å². The fraction of sp³-hybridized carbons (Fsp3) is 0.683. The highest BCUT2D eigenvalue weighted by Crippen LogP contribution is 2.69. The first kappa shape index (κ1) is 113. The summed E-state index contributed by atoms with van der Waals surface area (Å²) in [6, 6.07) is 7.44. The summed E-state index contributed by atoms with van der Waals surface area (Å²) in [5.74, 6) is 3.29. The van der Waals surface area contributed by atoms with Crippen molar-refractivity contribution in [2.24, 2.45) is 114 Å². The number of carbonyl (C=O) groups excluding carboxylic acids is 2. The van der Waals surface area contributed by atoms with Crippen molar-refractivity contribution in [2.75, 3.05) is 65.8 Å². The molecule has 5 aromatic rings. The zero-order valence-corrected chi connectivity index (χ0v) is 91.5. The molecule has 0 amide bonds. The molecule has 0 spiro atoms. The second-order valence-electron chi connectivity index (χ2n) is 48.1. The molecule has 16 fully saturated rings. The number of aromatic nitrogens is 5. The van der Waals surface area contributed by atoms with Crippen molar-refractivity contribution in [3.8, 4) is 17.2 Å². The minimum atomic E-state index is -1.21. The molecule has 4 saturated heterocycles. The van der Waals surface area contributed by atoms with Gasteiger partial charge in [0.1, 0.15) is 45.1 Å². The number of alkyl halides is 1. The van der Waals surface area contributed by atoms with Crippen LogP contribution in [0.25, 0.3) is 0 Å². The zero-order chi connectivity index (χ0) is 106. The Morgan fingerprint density at radius 3 is 0.886 bits per heavy atom. The summed E-state index contributed by atoms with van der Waals surface area (Å²) in [5, 5.41) is 28.3. The molecule has 0 bridgehead atoms. The van der Waals surface area contributed by atoms with Gasteiger partial charge in [-0.25, -0.2) is 24.0 Å². The number of pyridine rings is 5. The molecular weight excluding hydrogens is 1960 g/mol. The van der Waals surface area contributed by atoms with E-state index in [1.54, 1.807) is 36.8 Å². The van der Waals surface area contributed by atoms with E-state index in [0.717, 1.165) is 134 Å². The highest BCUT2D eigenvalue weighted by Gasteiger charge is 2.66. The summed E-state index contributed by atoms with van der Waals surface area (Å²) in [5.41, 5.74) is 5.95. The van der Waals surface area contributed by atoms with Gasteiger partial charge in [0.15, 0.2) is 36.0 Å². The Morgan fingerprint density at radius 1 is 0.362 bits per heavy atom. The van der Waals surface area contributed by atoms with Gasteiger partial charge in [-0.05, 0) is 267 Å². The number of methoxy groups -OCH3 is 2. The number of nitrogens with one attached hydrogen (secondary N) is 2. The number of hydrogen-bond donors (Lipinski definition) is 5. The molecule has 0 aromatic carbocycles. The van der Waals surface area contributed by atoms with Crippen LogP contribution in [0.1, 0.15) is 338 Å². The van der Waals surface area contributed by atoms with Gasteiger partial charge in [-0.2, -0.15) is 0 Å². The maximum Gasteiger partial charge on any atom is 0.343 e.